The molecule has 318 valence electrons. The number of halogens is 1. The number of phenolic OH excluding ortho intramolecular Hbond substituents is 2. The second-order valence-corrected chi connectivity index (χ2v) is 18.5. The normalized spacial score (nSPS) is 15.7. The summed E-state index contributed by atoms with van der Waals surface area (Å²) in [6.07, 6.45) is 11.9. The number of carbonyl (C=O) groups is 2. The molecule has 0 radical (unpaired) electrons. The zero-order valence-electron chi connectivity index (χ0n) is 36.7. The van der Waals surface area contributed by atoms with E-state index in [0.29, 0.717) is 70.2 Å². The molecule has 2 atom stereocenters. The minimum absolute atomic E-state index is 0.0208. The van der Waals surface area contributed by atoms with Gasteiger partial charge in [-0.05, 0) is 86.7 Å². The summed E-state index contributed by atoms with van der Waals surface area (Å²) >= 11 is 6.49. The standard InChI is InChI=1S/C48H68ClN3O6/c1-10-13-15-16-17-18-26-57-43(53)24-20-34-27-37(47(4,5)6)45(55)41(29-34)52(50-39-23-22-36(49)31-40(39)51-52)42-30-35(28-38(46(42)56)48(7,8)9)21-25-44(54)58-32-33(12-3)19-14-11-2/h22-23,27-31,33H,10-21,24-26,32H2,1-9H3,(H-,55,56)/p+1. The molecule has 0 amide bonds. The lowest BCUT2D eigenvalue weighted by Gasteiger charge is -2.30. The summed E-state index contributed by atoms with van der Waals surface area (Å²) < 4.78 is 10.7. The molecule has 0 saturated heterocycles. The van der Waals surface area contributed by atoms with Gasteiger partial charge in [0, 0.05) is 41.1 Å². The Morgan fingerprint density at radius 1 is 0.690 bits per heavy atom. The van der Waals surface area contributed by atoms with E-state index in [4.69, 9.17) is 31.3 Å². The van der Waals surface area contributed by atoms with Gasteiger partial charge in [0.1, 0.15) is 0 Å². The Bertz CT molecular complexity index is 2000. The van der Waals surface area contributed by atoms with Crippen molar-refractivity contribution < 1.29 is 29.3 Å². The number of carbonyl (C=O) groups excluding carboxylic acids is 2. The Kier molecular flexibility index (Phi) is 16.8. The number of quaternary nitrogens is 1. The third kappa shape index (κ3) is 12.3. The maximum Gasteiger partial charge on any atom is 0.306 e. The van der Waals surface area contributed by atoms with Crippen LogP contribution in [0, 0.1) is 5.92 Å². The molecule has 1 aliphatic heterocycles. The lowest BCUT2D eigenvalue weighted by Crippen LogP contribution is -2.33. The fourth-order valence-corrected chi connectivity index (χ4v) is 7.58. The molecule has 9 nitrogen and oxygen atoms in total. The minimum Gasteiger partial charge on any atom is -0.502 e. The fraction of sp³-hybridized carbons (Fsp3) is 0.583. The van der Waals surface area contributed by atoms with E-state index in [1.54, 1.807) is 18.2 Å². The Hall–Kier alpha value is -3.95. The molecule has 3 aromatic rings. The molecule has 3 aromatic carbocycles. The molecule has 58 heavy (non-hydrogen) atoms. The summed E-state index contributed by atoms with van der Waals surface area (Å²) in [5.74, 6) is -0.243. The van der Waals surface area contributed by atoms with Gasteiger partial charge in [-0.25, -0.2) is 0 Å². The van der Waals surface area contributed by atoms with E-state index in [2.05, 4.69) is 20.8 Å². The third-order valence-electron chi connectivity index (χ3n) is 11.0. The molecule has 1 aliphatic rings. The molecule has 2 unspecified atom stereocenters. The van der Waals surface area contributed by atoms with Gasteiger partial charge in [0.25, 0.3) is 0 Å². The van der Waals surface area contributed by atoms with E-state index in [1.807, 2.05) is 65.8 Å². The van der Waals surface area contributed by atoms with Crippen LogP contribution < -0.4 is 15.4 Å². The molecule has 0 spiro atoms. The van der Waals surface area contributed by atoms with Crippen LogP contribution >= 0.6 is 11.6 Å². The number of nitrogens with zero attached hydrogens (tertiary/aromatic N) is 3. The SMILES string of the molecule is CCCCCCCCOC(=O)CCc1cc(C(C)(C)C)c(O)c([N+]2(c3cc(CCC(=O)OCC(CC)CCCC)cc(C(C)(C)C)c3O)N=c3ccc(Cl)cc3=N2)c1. The molecular weight excluding hydrogens is 750 g/mol. The number of benzene rings is 3. The highest BCUT2D eigenvalue weighted by molar-refractivity contribution is 6.30. The first-order valence-electron chi connectivity index (χ1n) is 21.6. The van der Waals surface area contributed by atoms with E-state index in [-0.39, 0.29) is 36.3 Å². The predicted octanol–water partition coefficient (Wildman–Crippen LogP) is 11.3. The summed E-state index contributed by atoms with van der Waals surface area (Å²) in [5.41, 5.74) is 2.50. The van der Waals surface area contributed by atoms with Gasteiger partial charge in [0.2, 0.25) is 11.4 Å². The first kappa shape index (κ1) is 46.7. The maximum absolute atomic E-state index is 13.1. The Morgan fingerprint density at radius 2 is 1.21 bits per heavy atom. The number of phenols is 2. The molecule has 4 rings (SSSR count). The van der Waals surface area contributed by atoms with E-state index >= 15 is 0 Å². The summed E-state index contributed by atoms with van der Waals surface area (Å²) in [6.45, 7) is 19.4. The molecule has 1 heterocycles. The van der Waals surface area contributed by atoms with Crippen molar-refractivity contribution in [1.29, 1.82) is 0 Å². The van der Waals surface area contributed by atoms with Crippen molar-refractivity contribution >= 4 is 34.9 Å². The van der Waals surface area contributed by atoms with Crippen LogP contribution in [0.4, 0.5) is 11.4 Å². The van der Waals surface area contributed by atoms with Crippen molar-refractivity contribution in [3.63, 3.8) is 0 Å². The molecule has 0 bridgehead atoms. The van der Waals surface area contributed by atoms with Crippen LogP contribution in [0.25, 0.3) is 0 Å². The predicted molar refractivity (Wildman–Crippen MR) is 234 cm³/mol. The quantitative estimate of drug-likeness (QED) is 0.0628. The van der Waals surface area contributed by atoms with Crippen molar-refractivity contribution in [3.05, 3.63) is 80.5 Å². The Labute approximate surface area is 352 Å². The van der Waals surface area contributed by atoms with Gasteiger partial charge in [0.05, 0.1) is 13.2 Å². The van der Waals surface area contributed by atoms with Gasteiger partial charge in [-0.3, -0.25) is 9.59 Å². The summed E-state index contributed by atoms with van der Waals surface area (Å²) in [4.78, 5) is 26.1. The molecule has 0 aliphatic carbocycles. The monoisotopic (exact) mass is 818 g/mol. The number of fused-ring (bicyclic) bond motifs is 1. The molecule has 0 saturated carbocycles. The van der Waals surface area contributed by atoms with Gasteiger partial charge in [-0.15, -0.1) is 0 Å². The summed E-state index contributed by atoms with van der Waals surface area (Å²) in [6, 6.07) is 12.8. The van der Waals surface area contributed by atoms with Crippen molar-refractivity contribution in [2.45, 2.75) is 163 Å². The van der Waals surface area contributed by atoms with Gasteiger partial charge < -0.3 is 19.7 Å². The van der Waals surface area contributed by atoms with E-state index in [9.17, 15) is 19.8 Å². The van der Waals surface area contributed by atoms with Crippen molar-refractivity contribution in [3.8, 4) is 11.5 Å². The van der Waals surface area contributed by atoms with Crippen LogP contribution in [-0.2, 0) is 42.7 Å². The number of aryl methyl sites for hydroxylation is 2. The molecule has 10 heteroatoms. The summed E-state index contributed by atoms with van der Waals surface area (Å²) in [7, 11) is 0. The van der Waals surface area contributed by atoms with E-state index in [0.717, 1.165) is 56.1 Å². The number of unbranched alkanes of at least 4 members (excludes halogenated alkanes) is 6. The van der Waals surface area contributed by atoms with Crippen LogP contribution in [-0.4, -0.2) is 35.4 Å². The average molecular weight is 820 g/mol. The number of hydrogen-bond acceptors (Lipinski definition) is 8. The van der Waals surface area contributed by atoms with Crippen LogP contribution in [0.1, 0.15) is 162 Å². The number of aromatic hydroxyl groups is 2. The Morgan fingerprint density at radius 3 is 1.74 bits per heavy atom. The number of esters is 2. The first-order valence-corrected chi connectivity index (χ1v) is 22.0. The number of rotatable bonds is 21. The molecule has 2 N–H and O–H groups in total. The van der Waals surface area contributed by atoms with Gasteiger partial charge >= 0.3 is 11.9 Å². The fourth-order valence-electron chi connectivity index (χ4n) is 7.42. The highest BCUT2D eigenvalue weighted by Gasteiger charge is 2.46. The lowest BCUT2D eigenvalue weighted by atomic mass is 9.83. The van der Waals surface area contributed by atoms with Crippen molar-refractivity contribution in [1.82, 2.24) is 4.70 Å². The summed E-state index contributed by atoms with van der Waals surface area (Å²) in [5, 5.41) is 36.5. The van der Waals surface area contributed by atoms with E-state index < -0.39 is 15.5 Å². The highest BCUT2D eigenvalue weighted by atomic mass is 35.5. The lowest BCUT2D eigenvalue weighted by molar-refractivity contribution is -0.145. The second-order valence-electron chi connectivity index (χ2n) is 18.0. The molecular formula is C48H69ClN3O6+. The minimum atomic E-state index is -0.635. The number of hydrogen-bond donors (Lipinski definition) is 2. The number of ether oxygens (including phenoxy) is 2. The Balaban J connectivity index is 1.79. The zero-order chi connectivity index (χ0) is 42.7. The van der Waals surface area contributed by atoms with Crippen LogP contribution in [0.15, 0.2) is 52.7 Å². The van der Waals surface area contributed by atoms with Gasteiger partial charge in [-0.1, -0.05) is 137 Å². The zero-order valence-corrected chi connectivity index (χ0v) is 37.4. The third-order valence-corrected chi connectivity index (χ3v) is 11.3. The maximum atomic E-state index is 13.1. The smallest absolute Gasteiger partial charge is 0.306 e. The largest absolute Gasteiger partial charge is 0.502 e. The topological polar surface area (TPSA) is 118 Å². The van der Waals surface area contributed by atoms with E-state index in [1.165, 1.54) is 19.3 Å². The van der Waals surface area contributed by atoms with Crippen molar-refractivity contribution in [2.24, 2.45) is 16.1 Å². The first-order chi connectivity index (χ1) is 27.4. The van der Waals surface area contributed by atoms with Gasteiger partial charge in [-0.2, -0.15) is 0 Å². The molecule has 0 fully saturated rings. The highest BCUT2D eigenvalue weighted by Crippen LogP contribution is 2.52. The van der Waals surface area contributed by atoms with Crippen LogP contribution in [0.2, 0.25) is 5.02 Å². The van der Waals surface area contributed by atoms with Crippen LogP contribution in [0.5, 0.6) is 11.5 Å². The van der Waals surface area contributed by atoms with Gasteiger partial charge in [0.15, 0.2) is 22.2 Å². The van der Waals surface area contributed by atoms with Crippen molar-refractivity contribution in [2.75, 3.05) is 13.2 Å². The van der Waals surface area contributed by atoms with Crippen LogP contribution in [0.3, 0.4) is 0 Å². The second kappa shape index (κ2) is 20.8. The average Bonchev–Trinajstić information content (AvgIpc) is 3.55. The molecule has 0 aromatic heterocycles.